The lowest BCUT2D eigenvalue weighted by Gasteiger charge is -2.30. The number of nitrogens with zero attached hydrogens (tertiary/aromatic N) is 3. The van der Waals surface area contributed by atoms with E-state index >= 15 is 0 Å². The van der Waals surface area contributed by atoms with E-state index in [1.54, 1.807) is 29.5 Å². The third kappa shape index (κ3) is 5.47. The summed E-state index contributed by atoms with van der Waals surface area (Å²) in [5, 5.41) is 17.0. The molecular weight excluding hydrogens is 464 g/mol. The van der Waals surface area contributed by atoms with Gasteiger partial charge in [-0.05, 0) is 56.3 Å². The molecule has 1 saturated heterocycles. The number of thiazole rings is 1. The SMILES string of the molecule is O=C(Nc1cccc(-c2csc(C3CCN(Cc4ccc([N+](=O)[O-])o4)CC3)n2)c1)c1ccccc1. The summed E-state index contributed by atoms with van der Waals surface area (Å²) in [5.74, 6) is 0.648. The normalized spacial score (nSPS) is 14.6. The van der Waals surface area contributed by atoms with Crippen molar-refractivity contribution in [3.63, 3.8) is 0 Å². The minimum Gasteiger partial charge on any atom is -0.404 e. The van der Waals surface area contributed by atoms with Gasteiger partial charge >= 0.3 is 5.88 Å². The van der Waals surface area contributed by atoms with Crippen molar-refractivity contribution in [2.45, 2.75) is 25.3 Å². The molecule has 0 atom stereocenters. The highest BCUT2D eigenvalue weighted by Crippen LogP contribution is 2.34. The zero-order valence-electron chi connectivity index (χ0n) is 18.9. The molecule has 2 aromatic heterocycles. The highest BCUT2D eigenvalue weighted by molar-refractivity contribution is 7.10. The molecule has 0 aliphatic carbocycles. The Hall–Kier alpha value is -3.82. The van der Waals surface area contributed by atoms with Gasteiger partial charge in [-0.1, -0.05) is 30.3 Å². The largest absolute Gasteiger partial charge is 0.433 e. The monoisotopic (exact) mass is 488 g/mol. The van der Waals surface area contributed by atoms with Crippen LogP contribution in [0.1, 0.15) is 39.9 Å². The topological polar surface area (TPSA) is 102 Å². The van der Waals surface area contributed by atoms with Gasteiger partial charge in [-0.25, -0.2) is 4.98 Å². The summed E-state index contributed by atoms with van der Waals surface area (Å²) in [7, 11) is 0. The van der Waals surface area contributed by atoms with E-state index in [1.807, 2.05) is 42.5 Å². The molecule has 9 heteroatoms. The van der Waals surface area contributed by atoms with Crippen LogP contribution in [-0.2, 0) is 6.54 Å². The molecule has 0 bridgehead atoms. The second kappa shape index (κ2) is 10.2. The van der Waals surface area contributed by atoms with Crippen molar-refractivity contribution in [2.75, 3.05) is 18.4 Å². The Morgan fingerprint density at radius 3 is 2.66 bits per heavy atom. The molecular formula is C26H24N4O4S. The van der Waals surface area contributed by atoms with Crippen LogP contribution in [0.5, 0.6) is 0 Å². The number of nitro groups is 1. The highest BCUT2D eigenvalue weighted by Gasteiger charge is 2.24. The second-order valence-corrected chi connectivity index (χ2v) is 9.41. The predicted molar refractivity (Wildman–Crippen MR) is 135 cm³/mol. The van der Waals surface area contributed by atoms with Crippen molar-refractivity contribution in [3.05, 3.63) is 98.6 Å². The molecule has 0 unspecified atom stereocenters. The molecule has 35 heavy (non-hydrogen) atoms. The molecule has 5 rings (SSSR count). The third-order valence-corrected chi connectivity index (χ3v) is 7.13. The number of carbonyl (C=O) groups excluding carboxylic acids is 1. The Balaban J connectivity index is 1.19. The molecule has 1 aliphatic rings. The smallest absolute Gasteiger partial charge is 0.404 e. The summed E-state index contributed by atoms with van der Waals surface area (Å²) < 4.78 is 5.29. The molecule has 1 fully saturated rings. The zero-order chi connectivity index (χ0) is 24.2. The van der Waals surface area contributed by atoms with Crippen LogP contribution in [0.3, 0.4) is 0 Å². The van der Waals surface area contributed by atoms with Crippen LogP contribution in [-0.4, -0.2) is 33.8 Å². The number of rotatable bonds is 7. The molecule has 1 aliphatic heterocycles. The Morgan fingerprint density at radius 1 is 1.11 bits per heavy atom. The van der Waals surface area contributed by atoms with Crippen LogP contribution in [0.15, 0.2) is 76.5 Å². The van der Waals surface area contributed by atoms with Gasteiger partial charge in [-0.3, -0.25) is 19.8 Å². The van der Waals surface area contributed by atoms with E-state index in [1.165, 1.54) is 6.07 Å². The molecule has 178 valence electrons. The van der Waals surface area contributed by atoms with Crippen molar-refractivity contribution in [3.8, 4) is 11.3 Å². The van der Waals surface area contributed by atoms with Gasteiger partial charge in [-0.15, -0.1) is 11.3 Å². The van der Waals surface area contributed by atoms with Crippen molar-refractivity contribution < 1.29 is 14.1 Å². The average Bonchev–Trinajstić information content (AvgIpc) is 3.56. The number of benzene rings is 2. The van der Waals surface area contributed by atoms with E-state index in [-0.39, 0.29) is 11.8 Å². The minimum atomic E-state index is -0.511. The van der Waals surface area contributed by atoms with Crippen LogP contribution in [0, 0.1) is 10.1 Å². The first-order valence-electron chi connectivity index (χ1n) is 11.4. The lowest BCUT2D eigenvalue weighted by Crippen LogP contribution is -2.32. The number of furan rings is 1. The van der Waals surface area contributed by atoms with Crippen molar-refractivity contribution in [1.29, 1.82) is 0 Å². The summed E-state index contributed by atoms with van der Waals surface area (Å²) in [6, 6.07) is 20.0. The summed E-state index contributed by atoms with van der Waals surface area (Å²) in [6.45, 7) is 2.34. The summed E-state index contributed by atoms with van der Waals surface area (Å²) in [6.07, 6.45) is 1.95. The third-order valence-electron chi connectivity index (χ3n) is 6.12. The van der Waals surface area contributed by atoms with Gasteiger partial charge in [0.05, 0.1) is 23.3 Å². The first kappa shape index (κ1) is 22.9. The average molecular weight is 489 g/mol. The molecule has 0 saturated carbocycles. The van der Waals surface area contributed by atoms with Crippen molar-refractivity contribution in [1.82, 2.24) is 9.88 Å². The fourth-order valence-corrected chi connectivity index (χ4v) is 5.27. The van der Waals surface area contributed by atoms with E-state index in [2.05, 4.69) is 15.6 Å². The predicted octanol–water partition coefficient (Wildman–Crippen LogP) is 5.94. The number of piperidine rings is 1. The lowest BCUT2D eigenvalue weighted by atomic mass is 9.97. The van der Waals surface area contributed by atoms with Crippen LogP contribution < -0.4 is 5.32 Å². The first-order chi connectivity index (χ1) is 17.0. The van der Waals surface area contributed by atoms with E-state index in [0.29, 0.717) is 23.8 Å². The number of nitrogens with one attached hydrogen (secondary N) is 1. The van der Waals surface area contributed by atoms with Crippen LogP contribution >= 0.6 is 11.3 Å². The number of carbonyl (C=O) groups is 1. The molecule has 1 amide bonds. The van der Waals surface area contributed by atoms with Gasteiger partial charge in [-0.2, -0.15) is 0 Å². The molecule has 0 spiro atoms. The number of anilines is 1. The fourth-order valence-electron chi connectivity index (χ4n) is 4.26. The van der Waals surface area contributed by atoms with E-state index < -0.39 is 4.92 Å². The number of amides is 1. The molecule has 4 aromatic rings. The quantitative estimate of drug-likeness (QED) is 0.255. The summed E-state index contributed by atoms with van der Waals surface area (Å²) >= 11 is 1.67. The zero-order valence-corrected chi connectivity index (χ0v) is 19.7. The number of hydrogen-bond acceptors (Lipinski definition) is 7. The van der Waals surface area contributed by atoms with E-state index in [4.69, 9.17) is 9.40 Å². The Morgan fingerprint density at radius 2 is 1.91 bits per heavy atom. The molecule has 0 radical (unpaired) electrons. The Bertz CT molecular complexity index is 1330. The van der Waals surface area contributed by atoms with Crippen LogP contribution in [0.4, 0.5) is 11.6 Å². The summed E-state index contributed by atoms with van der Waals surface area (Å²) in [5.41, 5.74) is 3.23. The molecule has 8 nitrogen and oxygen atoms in total. The van der Waals surface area contributed by atoms with Crippen LogP contribution in [0.2, 0.25) is 0 Å². The molecule has 3 heterocycles. The standard InChI is InChI=1S/C26H24N4O4S/c31-25(18-5-2-1-3-6-18)27-21-8-4-7-20(15-21)23-17-35-26(28-23)19-11-13-29(14-12-19)16-22-9-10-24(34-22)30(32)33/h1-10,15,17,19H,11-14,16H2,(H,27,31). The Labute approximate surface area is 206 Å². The molecule has 2 aromatic carbocycles. The highest BCUT2D eigenvalue weighted by atomic mass is 32.1. The van der Waals surface area contributed by atoms with Crippen molar-refractivity contribution in [2.24, 2.45) is 0 Å². The number of aromatic nitrogens is 1. The van der Waals surface area contributed by atoms with Gasteiger partial charge in [0.1, 0.15) is 10.7 Å². The maximum absolute atomic E-state index is 12.5. The second-order valence-electron chi connectivity index (χ2n) is 8.52. The lowest BCUT2D eigenvalue weighted by molar-refractivity contribution is -0.402. The van der Waals surface area contributed by atoms with Crippen molar-refractivity contribution >= 4 is 28.8 Å². The van der Waals surface area contributed by atoms with Gasteiger partial charge in [0, 0.05) is 28.1 Å². The number of likely N-dealkylation sites (tertiary alicyclic amines) is 1. The van der Waals surface area contributed by atoms with Gasteiger partial charge in [0.15, 0.2) is 0 Å². The molecule has 1 N–H and O–H groups in total. The van der Waals surface area contributed by atoms with Crippen LogP contribution in [0.25, 0.3) is 11.3 Å². The Kier molecular flexibility index (Phi) is 6.69. The maximum Gasteiger partial charge on any atom is 0.433 e. The number of hydrogen-bond donors (Lipinski definition) is 1. The van der Waals surface area contributed by atoms with E-state index in [0.717, 1.165) is 47.9 Å². The van der Waals surface area contributed by atoms with Gasteiger partial charge in [0.25, 0.3) is 5.91 Å². The van der Waals surface area contributed by atoms with E-state index in [9.17, 15) is 14.9 Å². The maximum atomic E-state index is 12.5. The fraction of sp³-hybridized carbons (Fsp3) is 0.231. The summed E-state index contributed by atoms with van der Waals surface area (Å²) in [4.78, 5) is 29.9. The first-order valence-corrected chi connectivity index (χ1v) is 12.3. The van der Waals surface area contributed by atoms with Gasteiger partial charge < -0.3 is 9.73 Å². The minimum absolute atomic E-state index is 0.141. The van der Waals surface area contributed by atoms with Gasteiger partial charge in [0.2, 0.25) is 0 Å².